The van der Waals surface area contributed by atoms with Crippen LogP contribution in [0, 0.1) is 0 Å². The Labute approximate surface area is 108 Å². The predicted molar refractivity (Wildman–Crippen MR) is 67.2 cm³/mol. The van der Waals surface area contributed by atoms with Crippen LogP contribution in [0.3, 0.4) is 0 Å². The number of aromatic carboxylic acids is 1. The zero-order valence-electron chi connectivity index (χ0n) is 9.84. The number of methoxy groups -OCH3 is 1. The molecule has 0 amide bonds. The first kappa shape index (κ1) is 12.5. The van der Waals surface area contributed by atoms with Gasteiger partial charge in [-0.1, -0.05) is 11.2 Å². The highest BCUT2D eigenvalue weighted by Gasteiger charge is 2.17. The van der Waals surface area contributed by atoms with E-state index < -0.39 is 5.97 Å². The third-order valence-corrected chi connectivity index (χ3v) is 3.16. The van der Waals surface area contributed by atoms with E-state index in [-0.39, 0.29) is 5.69 Å². The van der Waals surface area contributed by atoms with Gasteiger partial charge in [-0.05, 0) is 18.4 Å². The van der Waals surface area contributed by atoms with Gasteiger partial charge in [0.15, 0.2) is 11.5 Å². The van der Waals surface area contributed by atoms with Crippen molar-refractivity contribution < 1.29 is 19.2 Å². The quantitative estimate of drug-likeness (QED) is 0.857. The summed E-state index contributed by atoms with van der Waals surface area (Å²) in [7, 11) is 1.56. The molecule has 6 heteroatoms. The second kappa shape index (κ2) is 5.14. The van der Waals surface area contributed by atoms with Crippen molar-refractivity contribution in [2.75, 3.05) is 13.4 Å². The number of nitrogens with zero attached hydrogens (tertiary/aromatic N) is 1. The van der Waals surface area contributed by atoms with Crippen LogP contribution in [0.2, 0.25) is 0 Å². The predicted octanol–water partition coefficient (Wildman–Crippen LogP) is 2.77. The fourth-order valence-corrected chi connectivity index (χ4v) is 2.18. The van der Waals surface area contributed by atoms with Gasteiger partial charge in [0.05, 0.1) is 12.7 Å². The highest BCUT2D eigenvalue weighted by molar-refractivity contribution is 7.98. The van der Waals surface area contributed by atoms with Crippen LogP contribution >= 0.6 is 11.8 Å². The molecule has 0 aliphatic heterocycles. The van der Waals surface area contributed by atoms with Gasteiger partial charge in [-0.3, -0.25) is 0 Å². The molecule has 0 spiro atoms. The van der Waals surface area contributed by atoms with Gasteiger partial charge in [0.1, 0.15) is 5.75 Å². The highest BCUT2D eigenvalue weighted by Crippen LogP contribution is 2.37. The van der Waals surface area contributed by atoms with Crippen molar-refractivity contribution in [2.45, 2.75) is 4.90 Å². The van der Waals surface area contributed by atoms with E-state index in [0.29, 0.717) is 17.1 Å². The van der Waals surface area contributed by atoms with E-state index in [2.05, 4.69) is 5.16 Å². The standard InChI is InChI=1S/C12H11NO4S/c1-16-11-7(4-3-5-10(11)18-2)9-6-8(12(14)15)13-17-9/h3-6H,1-2H3,(H,14,15). The van der Waals surface area contributed by atoms with E-state index in [1.165, 1.54) is 17.8 Å². The summed E-state index contributed by atoms with van der Waals surface area (Å²) < 4.78 is 10.4. The molecule has 1 aromatic heterocycles. The molecule has 18 heavy (non-hydrogen) atoms. The monoisotopic (exact) mass is 265 g/mol. The van der Waals surface area contributed by atoms with Crippen molar-refractivity contribution in [1.29, 1.82) is 0 Å². The molecule has 1 aromatic carbocycles. The lowest BCUT2D eigenvalue weighted by molar-refractivity contribution is 0.0686. The molecule has 2 aromatic rings. The van der Waals surface area contributed by atoms with Crippen LogP contribution in [0.25, 0.3) is 11.3 Å². The van der Waals surface area contributed by atoms with Crippen LogP contribution in [-0.2, 0) is 0 Å². The Morgan fingerprint density at radius 1 is 1.50 bits per heavy atom. The fraction of sp³-hybridized carbons (Fsp3) is 0.167. The number of carboxylic acids is 1. The van der Waals surface area contributed by atoms with Crippen molar-refractivity contribution in [3.63, 3.8) is 0 Å². The number of aromatic nitrogens is 1. The number of hydrogen-bond donors (Lipinski definition) is 1. The van der Waals surface area contributed by atoms with Crippen molar-refractivity contribution >= 4 is 17.7 Å². The summed E-state index contributed by atoms with van der Waals surface area (Å²) in [6.45, 7) is 0. The maximum absolute atomic E-state index is 10.8. The van der Waals surface area contributed by atoms with E-state index in [4.69, 9.17) is 14.4 Å². The van der Waals surface area contributed by atoms with Gasteiger partial charge in [0.25, 0.3) is 0 Å². The van der Waals surface area contributed by atoms with Crippen molar-refractivity contribution in [1.82, 2.24) is 5.16 Å². The normalized spacial score (nSPS) is 10.3. The second-order valence-corrected chi connectivity index (χ2v) is 4.27. The molecule has 5 nitrogen and oxygen atoms in total. The maximum atomic E-state index is 10.8. The lowest BCUT2D eigenvalue weighted by atomic mass is 10.1. The molecule has 0 atom stereocenters. The minimum absolute atomic E-state index is 0.124. The Balaban J connectivity index is 2.52. The van der Waals surface area contributed by atoms with Crippen LogP contribution in [-0.4, -0.2) is 29.6 Å². The Morgan fingerprint density at radius 2 is 2.28 bits per heavy atom. The number of para-hydroxylation sites is 1. The molecule has 1 N–H and O–H groups in total. The second-order valence-electron chi connectivity index (χ2n) is 3.42. The van der Waals surface area contributed by atoms with Crippen LogP contribution in [0.1, 0.15) is 10.5 Å². The minimum Gasteiger partial charge on any atom is -0.495 e. The fourth-order valence-electron chi connectivity index (χ4n) is 1.58. The largest absolute Gasteiger partial charge is 0.495 e. The summed E-state index contributed by atoms with van der Waals surface area (Å²) in [4.78, 5) is 11.7. The van der Waals surface area contributed by atoms with Crippen molar-refractivity contribution in [3.8, 4) is 17.1 Å². The molecule has 0 unspecified atom stereocenters. The van der Waals surface area contributed by atoms with Gasteiger partial charge in [-0.25, -0.2) is 4.79 Å². The average molecular weight is 265 g/mol. The molecule has 0 radical (unpaired) electrons. The molecule has 0 bridgehead atoms. The average Bonchev–Trinajstić information content (AvgIpc) is 2.87. The Hall–Kier alpha value is -1.95. The molecular formula is C12H11NO4S. The minimum atomic E-state index is -1.12. The molecule has 1 heterocycles. The number of ether oxygens (including phenoxy) is 1. The summed E-state index contributed by atoms with van der Waals surface area (Å²) in [6, 6.07) is 6.95. The number of carbonyl (C=O) groups is 1. The number of rotatable bonds is 4. The number of carboxylic acid groups (broad SMARTS) is 1. The van der Waals surface area contributed by atoms with Gasteiger partial charge >= 0.3 is 5.97 Å². The van der Waals surface area contributed by atoms with E-state index in [1.807, 2.05) is 18.4 Å². The third kappa shape index (κ3) is 2.19. The summed E-state index contributed by atoms with van der Waals surface area (Å²) in [5.41, 5.74) is 0.561. The zero-order chi connectivity index (χ0) is 13.1. The summed E-state index contributed by atoms with van der Waals surface area (Å²) >= 11 is 1.54. The molecular weight excluding hydrogens is 254 g/mol. The number of benzene rings is 1. The van der Waals surface area contributed by atoms with E-state index in [1.54, 1.807) is 13.2 Å². The van der Waals surface area contributed by atoms with Crippen LogP contribution in [0.5, 0.6) is 5.75 Å². The maximum Gasteiger partial charge on any atom is 0.358 e. The zero-order valence-corrected chi connectivity index (χ0v) is 10.7. The lowest BCUT2D eigenvalue weighted by Crippen LogP contribution is -1.94. The smallest absolute Gasteiger partial charge is 0.358 e. The molecule has 0 fully saturated rings. The summed E-state index contributed by atoms with van der Waals surface area (Å²) in [5.74, 6) is -0.0942. The SMILES string of the molecule is COc1c(SC)cccc1-c1cc(C(=O)O)no1. The molecule has 0 saturated heterocycles. The van der Waals surface area contributed by atoms with E-state index >= 15 is 0 Å². The molecule has 0 saturated carbocycles. The van der Waals surface area contributed by atoms with Crippen molar-refractivity contribution in [2.24, 2.45) is 0 Å². The lowest BCUT2D eigenvalue weighted by Gasteiger charge is -2.09. The van der Waals surface area contributed by atoms with Crippen LogP contribution in [0.15, 0.2) is 33.7 Å². The molecule has 2 rings (SSSR count). The first-order valence-corrected chi connectivity index (χ1v) is 6.31. The highest BCUT2D eigenvalue weighted by atomic mass is 32.2. The molecule has 0 aliphatic carbocycles. The molecule has 0 aliphatic rings. The molecule has 94 valence electrons. The van der Waals surface area contributed by atoms with Gasteiger partial charge in [-0.15, -0.1) is 11.8 Å². The first-order chi connectivity index (χ1) is 8.67. The number of hydrogen-bond acceptors (Lipinski definition) is 5. The number of thioether (sulfide) groups is 1. The Kier molecular flexibility index (Phi) is 3.57. The summed E-state index contributed by atoms with van der Waals surface area (Å²) in [6.07, 6.45) is 1.94. The van der Waals surface area contributed by atoms with E-state index in [0.717, 1.165) is 4.90 Å². The van der Waals surface area contributed by atoms with E-state index in [9.17, 15) is 4.79 Å². The summed E-state index contributed by atoms with van der Waals surface area (Å²) in [5, 5.41) is 12.3. The van der Waals surface area contributed by atoms with Crippen LogP contribution in [0.4, 0.5) is 0 Å². The van der Waals surface area contributed by atoms with Gasteiger partial charge in [0.2, 0.25) is 0 Å². The third-order valence-electron chi connectivity index (χ3n) is 2.40. The Bertz CT molecular complexity index is 579. The van der Waals surface area contributed by atoms with Gasteiger partial charge in [0, 0.05) is 11.0 Å². The van der Waals surface area contributed by atoms with Crippen molar-refractivity contribution in [3.05, 3.63) is 30.0 Å². The Morgan fingerprint density at radius 3 is 2.83 bits per heavy atom. The first-order valence-electron chi connectivity index (χ1n) is 5.08. The topological polar surface area (TPSA) is 72.6 Å². The van der Waals surface area contributed by atoms with Gasteiger partial charge < -0.3 is 14.4 Å². The van der Waals surface area contributed by atoms with Gasteiger partial charge in [-0.2, -0.15) is 0 Å². The van der Waals surface area contributed by atoms with Crippen LogP contribution < -0.4 is 4.74 Å².